The number of carbonyl (C=O) groups is 1. The highest BCUT2D eigenvalue weighted by atomic mass is 35.5. The summed E-state index contributed by atoms with van der Waals surface area (Å²) in [7, 11) is 2.77. The average molecular weight is 544 g/mol. The van der Waals surface area contributed by atoms with Gasteiger partial charge in [0.1, 0.15) is 11.3 Å². The minimum absolute atomic E-state index is 0. The van der Waals surface area contributed by atoms with Gasteiger partial charge in [-0.15, -0.1) is 12.4 Å². The molecule has 10 nitrogen and oxygen atoms in total. The minimum Gasteiger partial charge on any atom is -0.493 e. The second kappa shape index (κ2) is 12.6. The molecule has 1 unspecified atom stereocenters. The largest absolute Gasteiger partial charge is 0.493 e. The van der Waals surface area contributed by atoms with Gasteiger partial charge in [-0.05, 0) is 30.3 Å². The lowest BCUT2D eigenvalue weighted by Crippen LogP contribution is -2.49. The first-order valence-electron chi connectivity index (χ1n) is 12.0. The average Bonchev–Trinajstić information content (AvgIpc) is 2.93. The lowest BCUT2D eigenvalue weighted by molar-refractivity contribution is -0.132. The minimum atomic E-state index is -0.668. The zero-order chi connectivity index (χ0) is 26.5. The van der Waals surface area contributed by atoms with Gasteiger partial charge in [0.05, 0.1) is 25.9 Å². The summed E-state index contributed by atoms with van der Waals surface area (Å²) >= 11 is 0. The molecule has 1 amide bonds. The van der Waals surface area contributed by atoms with Gasteiger partial charge in [-0.25, -0.2) is 9.37 Å². The van der Waals surface area contributed by atoms with Gasteiger partial charge in [0.2, 0.25) is 11.9 Å². The van der Waals surface area contributed by atoms with Gasteiger partial charge in [0.15, 0.2) is 17.3 Å². The van der Waals surface area contributed by atoms with E-state index in [1.165, 1.54) is 14.2 Å². The topological polar surface area (TPSA) is 130 Å². The van der Waals surface area contributed by atoms with Crippen molar-refractivity contribution in [2.45, 2.75) is 19.4 Å². The number of hydrogen-bond donors (Lipinski definition) is 2. The Balaban J connectivity index is 0.00000400. The highest BCUT2D eigenvalue weighted by Gasteiger charge is 2.27. The first-order chi connectivity index (χ1) is 17.9. The number of methoxy groups -OCH3 is 2. The van der Waals surface area contributed by atoms with Crippen molar-refractivity contribution in [3.8, 4) is 17.6 Å². The van der Waals surface area contributed by atoms with E-state index in [0.29, 0.717) is 56.0 Å². The van der Waals surface area contributed by atoms with Gasteiger partial charge in [-0.1, -0.05) is 19.1 Å². The number of aromatic nitrogens is 2. The molecule has 38 heavy (non-hydrogen) atoms. The Morgan fingerprint density at radius 2 is 1.87 bits per heavy atom. The van der Waals surface area contributed by atoms with E-state index in [0.717, 1.165) is 5.56 Å². The second-order valence-corrected chi connectivity index (χ2v) is 8.65. The van der Waals surface area contributed by atoms with Crippen molar-refractivity contribution >= 4 is 41.0 Å². The molecule has 1 fully saturated rings. The van der Waals surface area contributed by atoms with Crippen LogP contribution in [0.3, 0.4) is 0 Å². The molecule has 1 aliphatic rings. The predicted octanol–water partition coefficient (Wildman–Crippen LogP) is 3.05. The molecule has 4 rings (SSSR count). The van der Waals surface area contributed by atoms with Crippen molar-refractivity contribution in [1.29, 1.82) is 5.26 Å². The first-order valence-corrected chi connectivity index (χ1v) is 12.0. The number of nitrogens with two attached hydrogens (primary N) is 1. The molecule has 12 heteroatoms. The number of ether oxygens (including phenoxy) is 2. The molecule has 0 radical (unpaired) electrons. The maximum Gasteiger partial charge on any atom is 0.228 e. The Kier molecular flexibility index (Phi) is 9.50. The number of benzene rings is 2. The van der Waals surface area contributed by atoms with E-state index in [-0.39, 0.29) is 47.2 Å². The molecule has 0 bridgehead atoms. The van der Waals surface area contributed by atoms with Crippen LogP contribution in [0.25, 0.3) is 10.9 Å². The molecule has 2 heterocycles. The van der Waals surface area contributed by atoms with Gasteiger partial charge in [-0.2, -0.15) is 10.2 Å². The quantitative estimate of drug-likeness (QED) is 0.440. The molecule has 202 valence electrons. The summed E-state index contributed by atoms with van der Waals surface area (Å²) in [5.41, 5.74) is 7.74. The van der Waals surface area contributed by atoms with Crippen LogP contribution in [0, 0.1) is 17.1 Å². The number of hydrogen-bond acceptors (Lipinski definition) is 9. The molecule has 0 aliphatic carbocycles. The fourth-order valence-corrected chi connectivity index (χ4v) is 4.48. The molecule has 1 saturated heterocycles. The zero-order valence-corrected chi connectivity index (χ0v) is 22.3. The van der Waals surface area contributed by atoms with E-state index < -0.39 is 5.82 Å². The van der Waals surface area contributed by atoms with Crippen LogP contribution in [0.1, 0.15) is 30.5 Å². The first kappa shape index (κ1) is 28.7. The molecule has 3 aromatic rings. The van der Waals surface area contributed by atoms with E-state index >= 15 is 4.39 Å². The van der Waals surface area contributed by atoms with Crippen LogP contribution in [-0.4, -0.2) is 67.7 Å². The Morgan fingerprint density at radius 1 is 1.18 bits per heavy atom. The van der Waals surface area contributed by atoms with Crippen molar-refractivity contribution in [2.75, 3.05) is 57.6 Å². The van der Waals surface area contributed by atoms with Crippen LogP contribution < -0.4 is 25.4 Å². The van der Waals surface area contributed by atoms with E-state index in [1.807, 2.05) is 28.9 Å². The number of nitriles is 1. The van der Waals surface area contributed by atoms with E-state index in [1.54, 1.807) is 18.2 Å². The van der Waals surface area contributed by atoms with Crippen LogP contribution >= 0.6 is 12.4 Å². The summed E-state index contributed by atoms with van der Waals surface area (Å²) in [5.74, 6) is -0.0535. The van der Waals surface area contributed by atoms with Crippen molar-refractivity contribution in [3.05, 3.63) is 47.3 Å². The summed E-state index contributed by atoms with van der Waals surface area (Å²) in [6, 6.07) is 10.8. The van der Waals surface area contributed by atoms with Crippen LogP contribution in [0.15, 0.2) is 30.3 Å². The van der Waals surface area contributed by atoms with E-state index in [9.17, 15) is 4.79 Å². The maximum atomic E-state index is 15.1. The fraction of sp³-hybridized carbons (Fsp3) is 0.385. The molecule has 2 aromatic carbocycles. The number of halogens is 2. The molecule has 1 aliphatic heterocycles. The standard InChI is InChI=1S/C26H30FN7O3.ClH/c1-4-30-19(17-7-5-16(15-28)6-8-17)14-21(35)33-9-11-34(12-10-33)26-31-23-18(25(29)32-26)13-20(36-2)24(37-3)22(23)27;/h5-8,13,19,30H,4,9-12,14H2,1-3H3,(H2,29,31,32);1H. The van der Waals surface area contributed by atoms with Crippen molar-refractivity contribution in [1.82, 2.24) is 20.2 Å². The van der Waals surface area contributed by atoms with Crippen molar-refractivity contribution in [3.63, 3.8) is 0 Å². The zero-order valence-electron chi connectivity index (χ0n) is 21.5. The van der Waals surface area contributed by atoms with Crippen LogP contribution in [0.2, 0.25) is 0 Å². The smallest absolute Gasteiger partial charge is 0.228 e. The van der Waals surface area contributed by atoms with Gasteiger partial charge in [0.25, 0.3) is 0 Å². The summed E-state index contributed by atoms with van der Waals surface area (Å²) in [6.45, 7) is 4.60. The lowest BCUT2D eigenvalue weighted by atomic mass is 10.0. The van der Waals surface area contributed by atoms with Gasteiger partial charge in [-0.3, -0.25) is 4.79 Å². The molecular weight excluding hydrogens is 513 g/mol. The molecular formula is C26H31ClFN7O3. The number of nitrogen functional groups attached to an aromatic ring is 1. The van der Waals surface area contributed by atoms with Crippen LogP contribution in [0.4, 0.5) is 16.2 Å². The Hall–Kier alpha value is -3.88. The Bertz CT molecular complexity index is 1330. The maximum absolute atomic E-state index is 15.1. The normalized spacial score (nSPS) is 14.0. The van der Waals surface area contributed by atoms with Gasteiger partial charge in [0, 0.05) is 44.0 Å². The van der Waals surface area contributed by atoms with Crippen LogP contribution in [0.5, 0.6) is 11.5 Å². The number of nitrogens with one attached hydrogen (secondary N) is 1. The van der Waals surface area contributed by atoms with Crippen LogP contribution in [-0.2, 0) is 4.79 Å². The lowest BCUT2D eigenvalue weighted by Gasteiger charge is -2.35. The summed E-state index contributed by atoms with van der Waals surface area (Å²) in [6.07, 6.45) is 0.298. The third kappa shape index (κ3) is 5.82. The predicted molar refractivity (Wildman–Crippen MR) is 145 cm³/mol. The number of carbonyl (C=O) groups excluding carboxylic acids is 1. The Labute approximate surface area is 226 Å². The second-order valence-electron chi connectivity index (χ2n) is 8.65. The number of nitrogens with zero attached hydrogens (tertiary/aromatic N) is 5. The van der Waals surface area contributed by atoms with Gasteiger partial charge < -0.3 is 30.3 Å². The van der Waals surface area contributed by atoms with E-state index in [2.05, 4.69) is 21.4 Å². The monoisotopic (exact) mass is 543 g/mol. The Morgan fingerprint density at radius 3 is 2.45 bits per heavy atom. The SMILES string of the molecule is CCNC(CC(=O)N1CCN(c2nc(N)c3cc(OC)c(OC)c(F)c3n2)CC1)c1ccc(C#N)cc1.Cl. The summed E-state index contributed by atoms with van der Waals surface area (Å²) in [5, 5.41) is 12.7. The number of amides is 1. The molecule has 3 N–H and O–H groups in total. The number of piperazine rings is 1. The highest BCUT2D eigenvalue weighted by molar-refractivity contribution is 5.92. The van der Waals surface area contributed by atoms with Crippen molar-refractivity contribution < 1.29 is 18.7 Å². The number of rotatable bonds is 8. The molecule has 1 atom stereocenters. The van der Waals surface area contributed by atoms with Crippen molar-refractivity contribution in [2.24, 2.45) is 0 Å². The fourth-order valence-electron chi connectivity index (χ4n) is 4.48. The summed E-state index contributed by atoms with van der Waals surface area (Å²) < 4.78 is 25.5. The van der Waals surface area contributed by atoms with Gasteiger partial charge >= 0.3 is 0 Å². The third-order valence-corrected chi connectivity index (χ3v) is 6.48. The molecule has 1 aromatic heterocycles. The molecule has 0 saturated carbocycles. The number of anilines is 2. The third-order valence-electron chi connectivity index (χ3n) is 6.48. The van der Waals surface area contributed by atoms with E-state index in [4.69, 9.17) is 20.5 Å². The molecule has 0 spiro atoms. The number of fused-ring (bicyclic) bond motifs is 1. The summed E-state index contributed by atoms with van der Waals surface area (Å²) in [4.78, 5) is 25.6. The highest BCUT2D eigenvalue weighted by Crippen LogP contribution is 2.37.